The molecule has 2 amide bonds. The van der Waals surface area contributed by atoms with Gasteiger partial charge in [-0.3, -0.25) is 4.79 Å². The molecule has 0 aliphatic rings. The van der Waals surface area contributed by atoms with Crippen LogP contribution < -0.4 is 10.6 Å². The molecule has 2 rings (SSSR count). The van der Waals surface area contributed by atoms with Gasteiger partial charge in [-0.05, 0) is 28.8 Å². The maximum Gasteiger partial charge on any atom is 0.407 e. The van der Waals surface area contributed by atoms with Gasteiger partial charge < -0.3 is 15.4 Å². The predicted octanol–water partition coefficient (Wildman–Crippen LogP) is 4.15. The van der Waals surface area contributed by atoms with Gasteiger partial charge in [0.05, 0.1) is 19.1 Å². The molecular formula is C21H27N3O3S. The zero-order chi connectivity index (χ0) is 20.2. The highest BCUT2D eigenvalue weighted by Gasteiger charge is 2.23. The Labute approximate surface area is 169 Å². The van der Waals surface area contributed by atoms with Crippen molar-refractivity contribution in [2.75, 3.05) is 13.2 Å². The van der Waals surface area contributed by atoms with E-state index in [0.717, 1.165) is 41.3 Å². The minimum absolute atomic E-state index is 0.224. The third kappa shape index (κ3) is 6.86. The molecule has 1 aromatic heterocycles. The van der Waals surface area contributed by atoms with Crippen molar-refractivity contribution in [2.24, 2.45) is 0 Å². The number of fused-ring (bicyclic) bond motifs is 1. The highest BCUT2D eigenvalue weighted by Crippen LogP contribution is 2.26. The van der Waals surface area contributed by atoms with E-state index in [2.05, 4.69) is 17.6 Å². The van der Waals surface area contributed by atoms with Gasteiger partial charge in [0.15, 0.2) is 0 Å². The van der Waals surface area contributed by atoms with E-state index in [4.69, 9.17) is 10.00 Å². The van der Waals surface area contributed by atoms with Crippen LogP contribution in [0, 0.1) is 11.3 Å². The number of nitrogens with zero attached hydrogens (tertiary/aromatic N) is 1. The molecule has 2 aromatic rings. The molecule has 1 aromatic carbocycles. The van der Waals surface area contributed by atoms with E-state index in [0.29, 0.717) is 13.0 Å². The van der Waals surface area contributed by atoms with Crippen LogP contribution in [0.25, 0.3) is 10.1 Å². The number of hydrogen-bond acceptors (Lipinski definition) is 5. The van der Waals surface area contributed by atoms with Crippen molar-refractivity contribution in [3.8, 4) is 6.07 Å². The molecule has 6 nitrogen and oxygen atoms in total. The summed E-state index contributed by atoms with van der Waals surface area (Å²) in [5.41, 5.74) is 1.00. The van der Waals surface area contributed by atoms with Gasteiger partial charge in [-0.1, -0.05) is 44.4 Å². The first kappa shape index (κ1) is 21.7. The largest absolute Gasteiger partial charge is 0.450 e. The topological polar surface area (TPSA) is 91.2 Å². The fourth-order valence-electron chi connectivity index (χ4n) is 2.86. The lowest BCUT2D eigenvalue weighted by Gasteiger charge is -2.18. The van der Waals surface area contributed by atoms with Gasteiger partial charge in [-0.2, -0.15) is 5.26 Å². The summed E-state index contributed by atoms with van der Waals surface area (Å²) >= 11 is 1.61. The van der Waals surface area contributed by atoms with Crippen molar-refractivity contribution in [1.82, 2.24) is 10.6 Å². The molecule has 1 unspecified atom stereocenters. The van der Waals surface area contributed by atoms with Crippen LogP contribution in [0.2, 0.25) is 0 Å². The molecule has 0 saturated heterocycles. The summed E-state index contributed by atoms with van der Waals surface area (Å²) < 4.78 is 6.36. The van der Waals surface area contributed by atoms with Crippen LogP contribution in [-0.2, 0) is 16.0 Å². The van der Waals surface area contributed by atoms with Gasteiger partial charge in [-0.25, -0.2) is 4.79 Å². The van der Waals surface area contributed by atoms with Gasteiger partial charge in [0.1, 0.15) is 6.04 Å². The molecule has 0 fully saturated rings. The number of carbonyl (C=O) groups excluding carboxylic acids is 2. The summed E-state index contributed by atoms with van der Waals surface area (Å²) in [7, 11) is 0. The van der Waals surface area contributed by atoms with E-state index in [-0.39, 0.29) is 18.9 Å². The second kappa shape index (κ2) is 12.0. The number of rotatable bonds is 11. The smallest absolute Gasteiger partial charge is 0.407 e. The number of benzene rings is 1. The van der Waals surface area contributed by atoms with Crippen LogP contribution in [-0.4, -0.2) is 31.2 Å². The number of unbranched alkanes of at least 4 members (excludes halogenated alkanes) is 3. The first-order valence-corrected chi connectivity index (χ1v) is 10.6. The first-order chi connectivity index (χ1) is 13.7. The molecule has 150 valence electrons. The minimum Gasteiger partial charge on any atom is -0.450 e. The Kier molecular flexibility index (Phi) is 9.29. The zero-order valence-electron chi connectivity index (χ0n) is 16.2. The van der Waals surface area contributed by atoms with Crippen molar-refractivity contribution in [2.45, 2.75) is 51.5 Å². The van der Waals surface area contributed by atoms with Crippen LogP contribution in [0.1, 0.15) is 44.6 Å². The summed E-state index contributed by atoms with van der Waals surface area (Å²) in [6.07, 6.45) is 4.07. The predicted molar refractivity (Wildman–Crippen MR) is 111 cm³/mol. The van der Waals surface area contributed by atoms with Crippen molar-refractivity contribution < 1.29 is 14.3 Å². The van der Waals surface area contributed by atoms with Gasteiger partial charge >= 0.3 is 6.09 Å². The second-order valence-corrected chi connectivity index (χ2v) is 7.47. The SMILES string of the molecule is CCCCCCOC(=O)NC(Cc1csc2ccccc12)C(=O)NCCC#N. The Balaban J connectivity index is 1.99. The molecule has 0 aliphatic heterocycles. The fraction of sp³-hybridized carbons (Fsp3) is 0.476. The Morgan fingerprint density at radius 2 is 2.07 bits per heavy atom. The van der Waals surface area contributed by atoms with E-state index in [1.807, 2.05) is 35.7 Å². The molecular weight excluding hydrogens is 374 g/mol. The molecule has 0 radical (unpaired) electrons. The lowest BCUT2D eigenvalue weighted by molar-refractivity contribution is -0.123. The Hall–Kier alpha value is -2.59. The highest BCUT2D eigenvalue weighted by molar-refractivity contribution is 7.17. The van der Waals surface area contributed by atoms with E-state index >= 15 is 0 Å². The summed E-state index contributed by atoms with van der Waals surface area (Å²) in [5.74, 6) is -0.312. The van der Waals surface area contributed by atoms with Crippen molar-refractivity contribution >= 4 is 33.4 Å². The quantitative estimate of drug-likeness (QED) is 0.553. The Bertz CT molecular complexity index is 813. The summed E-state index contributed by atoms with van der Waals surface area (Å²) in [6.45, 7) is 2.72. The van der Waals surface area contributed by atoms with E-state index in [1.165, 1.54) is 0 Å². The van der Waals surface area contributed by atoms with Crippen molar-refractivity contribution in [1.29, 1.82) is 5.26 Å². The van der Waals surface area contributed by atoms with Gasteiger partial charge in [0.25, 0.3) is 0 Å². The number of thiophene rings is 1. The summed E-state index contributed by atoms with van der Waals surface area (Å²) in [5, 5.41) is 17.1. The second-order valence-electron chi connectivity index (χ2n) is 6.55. The summed E-state index contributed by atoms with van der Waals surface area (Å²) in [6, 6.07) is 9.22. The van der Waals surface area contributed by atoms with Crippen LogP contribution in [0.15, 0.2) is 29.6 Å². The number of nitriles is 1. The fourth-order valence-corrected chi connectivity index (χ4v) is 3.84. The van der Waals surface area contributed by atoms with Crippen LogP contribution >= 0.6 is 11.3 Å². The maximum absolute atomic E-state index is 12.5. The van der Waals surface area contributed by atoms with E-state index < -0.39 is 12.1 Å². The normalized spacial score (nSPS) is 11.6. The molecule has 1 heterocycles. The van der Waals surface area contributed by atoms with Crippen molar-refractivity contribution in [3.63, 3.8) is 0 Å². The Morgan fingerprint density at radius 1 is 1.25 bits per heavy atom. The van der Waals surface area contributed by atoms with E-state index in [1.54, 1.807) is 11.3 Å². The summed E-state index contributed by atoms with van der Waals surface area (Å²) in [4.78, 5) is 24.7. The van der Waals surface area contributed by atoms with E-state index in [9.17, 15) is 9.59 Å². The third-order valence-electron chi connectivity index (χ3n) is 4.36. The molecule has 1 atom stereocenters. The van der Waals surface area contributed by atoms with Crippen molar-refractivity contribution in [3.05, 3.63) is 35.2 Å². The zero-order valence-corrected chi connectivity index (χ0v) is 17.0. The Morgan fingerprint density at radius 3 is 2.86 bits per heavy atom. The molecule has 28 heavy (non-hydrogen) atoms. The number of alkyl carbamates (subject to hydrolysis) is 1. The lowest BCUT2D eigenvalue weighted by atomic mass is 10.0. The first-order valence-electron chi connectivity index (χ1n) is 9.68. The van der Waals surface area contributed by atoms with Crippen LogP contribution in [0.3, 0.4) is 0 Å². The number of nitrogens with one attached hydrogen (secondary N) is 2. The lowest BCUT2D eigenvalue weighted by Crippen LogP contribution is -2.48. The number of hydrogen-bond donors (Lipinski definition) is 2. The molecule has 7 heteroatoms. The average molecular weight is 402 g/mol. The number of amides is 2. The molecule has 0 spiro atoms. The standard InChI is InChI=1S/C21H27N3O3S/c1-2-3-4-7-13-27-21(26)24-18(20(25)23-12-8-11-22)14-16-15-28-19-10-6-5-9-17(16)19/h5-6,9-10,15,18H,2-4,7-8,12-14H2,1H3,(H,23,25)(H,24,26). The number of carbonyl (C=O) groups is 2. The molecule has 0 aliphatic carbocycles. The maximum atomic E-state index is 12.5. The average Bonchev–Trinajstić information content (AvgIpc) is 3.10. The number of ether oxygens (including phenoxy) is 1. The van der Waals surface area contributed by atoms with Crippen LogP contribution in [0.5, 0.6) is 0 Å². The third-order valence-corrected chi connectivity index (χ3v) is 5.37. The highest BCUT2D eigenvalue weighted by atomic mass is 32.1. The van der Waals surface area contributed by atoms with Gasteiger partial charge in [0.2, 0.25) is 5.91 Å². The monoisotopic (exact) mass is 401 g/mol. The molecule has 0 bridgehead atoms. The van der Waals surface area contributed by atoms with Gasteiger partial charge in [0, 0.05) is 17.7 Å². The van der Waals surface area contributed by atoms with Gasteiger partial charge in [-0.15, -0.1) is 11.3 Å². The molecule has 0 saturated carbocycles. The van der Waals surface area contributed by atoms with Crippen LogP contribution in [0.4, 0.5) is 4.79 Å². The minimum atomic E-state index is -0.750. The molecule has 2 N–H and O–H groups in total.